The van der Waals surface area contributed by atoms with Gasteiger partial charge in [0.15, 0.2) is 6.29 Å². The molecule has 0 spiro atoms. The third kappa shape index (κ3) is 1.32. The quantitative estimate of drug-likeness (QED) is 0.772. The fourth-order valence-corrected chi connectivity index (χ4v) is 2.29. The van der Waals surface area contributed by atoms with Crippen molar-refractivity contribution < 1.29 is 14.3 Å². The monoisotopic (exact) mass is 210 g/mol. The first-order valence-corrected chi connectivity index (χ1v) is 4.85. The maximum atomic E-state index is 13.2. The maximum Gasteiger partial charge on any atom is 0.160 e. The zero-order valence-corrected chi connectivity index (χ0v) is 7.97. The summed E-state index contributed by atoms with van der Waals surface area (Å²) in [7, 11) is 0. The van der Waals surface area contributed by atoms with Crippen molar-refractivity contribution in [3.8, 4) is 0 Å². The second kappa shape index (κ2) is 3.48. The van der Waals surface area contributed by atoms with E-state index < -0.39 is 5.82 Å². The lowest BCUT2D eigenvalue weighted by atomic mass is 10.1. The number of thiophene rings is 1. The minimum Gasteiger partial charge on any atom is -0.392 e. The van der Waals surface area contributed by atoms with Gasteiger partial charge in [0.1, 0.15) is 5.82 Å². The van der Waals surface area contributed by atoms with Crippen LogP contribution >= 0.6 is 11.3 Å². The smallest absolute Gasteiger partial charge is 0.160 e. The predicted octanol–water partition coefficient (Wildman–Crippen LogP) is 2.35. The Kier molecular flexibility index (Phi) is 2.31. The summed E-state index contributed by atoms with van der Waals surface area (Å²) in [6.45, 7) is -0.349. The lowest BCUT2D eigenvalue weighted by molar-refractivity contribution is 0.112. The molecule has 0 unspecified atom stereocenters. The molecule has 0 atom stereocenters. The lowest BCUT2D eigenvalue weighted by Crippen LogP contribution is -1.89. The van der Waals surface area contributed by atoms with Crippen molar-refractivity contribution in [3.63, 3.8) is 0 Å². The van der Waals surface area contributed by atoms with Gasteiger partial charge in [-0.1, -0.05) is 0 Å². The molecule has 2 aromatic rings. The normalized spacial score (nSPS) is 10.7. The Hall–Kier alpha value is -1.26. The number of fused-ring (bicyclic) bond motifs is 1. The molecule has 1 heterocycles. The number of aldehydes is 1. The molecular weight excluding hydrogens is 203 g/mol. The van der Waals surface area contributed by atoms with Crippen LogP contribution in [0.2, 0.25) is 0 Å². The highest BCUT2D eigenvalue weighted by atomic mass is 32.1. The zero-order valence-electron chi connectivity index (χ0n) is 7.16. The number of carbonyl (C=O) groups is 1. The van der Waals surface area contributed by atoms with Crippen LogP contribution in [-0.2, 0) is 6.61 Å². The van der Waals surface area contributed by atoms with Crippen LogP contribution < -0.4 is 0 Å². The second-order valence-corrected chi connectivity index (χ2v) is 3.98. The van der Waals surface area contributed by atoms with Gasteiger partial charge in [-0.25, -0.2) is 4.39 Å². The third-order valence-electron chi connectivity index (χ3n) is 2.05. The summed E-state index contributed by atoms with van der Waals surface area (Å²) < 4.78 is 14.0. The van der Waals surface area contributed by atoms with Gasteiger partial charge in [-0.15, -0.1) is 11.3 Å². The number of hydrogen-bond donors (Lipinski definition) is 1. The Bertz CT molecular complexity index is 490. The van der Waals surface area contributed by atoms with E-state index in [1.165, 1.54) is 17.4 Å². The van der Waals surface area contributed by atoms with Gasteiger partial charge in [-0.3, -0.25) is 4.79 Å². The number of rotatable bonds is 2. The van der Waals surface area contributed by atoms with Crippen molar-refractivity contribution in [2.45, 2.75) is 6.61 Å². The van der Waals surface area contributed by atoms with Crippen molar-refractivity contribution in [2.24, 2.45) is 0 Å². The summed E-state index contributed by atoms with van der Waals surface area (Å²) in [5.74, 6) is -0.435. The van der Waals surface area contributed by atoms with Gasteiger partial charge >= 0.3 is 0 Å². The first-order chi connectivity index (χ1) is 6.76. The number of aliphatic hydroxyl groups is 1. The van der Waals surface area contributed by atoms with Crippen molar-refractivity contribution in [3.05, 3.63) is 34.5 Å². The molecule has 0 aliphatic rings. The molecule has 0 saturated heterocycles. The Morgan fingerprint density at radius 1 is 1.50 bits per heavy atom. The molecule has 4 heteroatoms. The molecule has 1 aromatic carbocycles. The molecule has 1 aromatic heterocycles. The third-order valence-corrected chi connectivity index (χ3v) is 3.07. The van der Waals surface area contributed by atoms with E-state index in [0.29, 0.717) is 10.3 Å². The van der Waals surface area contributed by atoms with E-state index in [-0.39, 0.29) is 12.2 Å². The summed E-state index contributed by atoms with van der Waals surface area (Å²) in [6.07, 6.45) is 0.726. The van der Waals surface area contributed by atoms with Gasteiger partial charge in [0.2, 0.25) is 0 Å². The van der Waals surface area contributed by atoms with Gasteiger partial charge < -0.3 is 5.11 Å². The maximum absolute atomic E-state index is 13.2. The van der Waals surface area contributed by atoms with Crippen molar-refractivity contribution in [1.82, 2.24) is 0 Å². The van der Waals surface area contributed by atoms with Crippen LogP contribution in [0.15, 0.2) is 18.2 Å². The molecule has 0 fully saturated rings. The van der Waals surface area contributed by atoms with E-state index in [0.717, 1.165) is 11.0 Å². The Labute approximate surface area is 83.6 Å². The van der Waals surface area contributed by atoms with E-state index >= 15 is 0 Å². The lowest BCUT2D eigenvalue weighted by Gasteiger charge is -1.99. The topological polar surface area (TPSA) is 37.3 Å². The summed E-state index contributed by atoms with van der Waals surface area (Å²) in [4.78, 5) is 11.1. The molecule has 0 bridgehead atoms. The Morgan fingerprint density at radius 3 is 2.93 bits per heavy atom. The molecule has 14 heavy (non-hydrogen) atoms. The van der Waals surface area contributed by atoms with Gasteiger partial charge in [0.05, 0.1) is 11.5 Å². The highest BCUT2D eigenvalue weighted by molar-refractivity contribution is 7.20. The standard InChI is InChI=1S/C10H7FO2S/c11-9-1-2-10-7(8(9)5-13)3-6(4-12)14-10/h1-4,13H,5H2. The van der Waals surface area contributed by atoms with E-state index in [9.17, 15) is 9.18 Å². The number of halogens is 1. The number of aliphatic hydroxyl groups excluding tert-OH is 1. The molecule has 2 nitrogen and oxygen atoms in total. The molecule has 0 amide bonds. The molecule has 72 valence electrons. The summed E-state index contributed by atoms with van der Waals surface area (Å²) in [6, 6.07) is 4.52. The van der Waals surface area contributed by atoms with Crippen LogP contribution in [0.25, 0.3) is 10.1 Å². The number of hydrogen-bond acceptors (Lipinski definition) is 3. The molecule has 1 N–H and O–H groups in total. The van der Waals surface area contributed by atoms with Gasteiger partial charge in [-0.05, 0) is 18.2 Å². The van der Waals surface area contributed by atoms with Crippen LogP contribution in [0, 0.1) is 5.82 Å². The van der Waals surface area contributed by atoms with Crippen molar-refractivity contribution >= 4 is 27.7 Å². The highest BCUT2D eigenvalue weighted by Crippen LogP contribution is 2.29. The van der Waals surface area contributed by atoms with Gasteiger partial charge in [0.25, 0.3) is 0 Å². The fourth-order valence-electron chi connectivity index (χ4n) is 1.38. The van der Waals surface area contributed by atoms with Crippen molar-refractivity contribution in [2.75, 3.05) is 0 Å². The summed E-state index contributed by atoms with van der Waals surface area (Å²) >= 11 is 1.29. The highest BCUT2D eigenvalue weighted by Gasteiger charge is 2.09. The van der Waals surface area contributed by atoms with Crippen LogP contribution in [0.1, 0.15) is 15.2 Å². The SMILES string of the molecule is O=Cc1cc2c(CO)c(F)ccc2s1. The Morgan fingerprint density at radius 2 is 2.29 bits per heavy atom. The predicted molar refractivity (Wildman–Crippen MR) is 53.1 cm³/mol. The molecule has 0 radical (unpaired) electrons. The van der Waals surface area contributed by atoms with Crippen LogP contribution in [0.4, 0.5) is 4.39 Å². The second-order valence-electron chi connectivity index (χ2n) is 2.86. The molecule has 0 saturated carbocycles. The van der Waals surface area contributed by atoms with E-state index in [2.05, 4.69) is 0 Å². The first-order valence-electron chi connectivity index (χ1n) is 4.03. The van der Waals surface area contributed by atoms with Crippen molar-refractivity contribution in [1.29, 1.82) is 0 Å². The zero-order chi connectivity index (χ0) is 10.1. The van der Waals surface area contributed by atoms with E-state index in [1.54, 1.807) is 12.1 Å². The number of benzene rings is 1. The van der Waals surface area contributed by atoms with Gasteiger partial charge in [-0.2, -0.15) is 0 Å². The fraction of sp³-hybridized carbons (Fsp3) is 0.100. The van der Waals surface area contributed by atoms with E-state index in [4.69, 9.17) is 5.11 Å². The molecular formula is C10H7FO2S. The van der Waals surface area contributed by atoms with E-state index in [1.807, 2.05) is 0 Å². The minimum atomic E-state index is -0.435. The average Bonchev–Trinajstić information content (AvgIpc) is 2.60. The largest absolute Gasteiger partial charge is 0.392 e. The van der Waals surface area contributed by atoms with Crippen LogP contribution in [-0.4, -0.2) is 11.4 Å². The van der Waals surface area contributed by atoms with Crippen LogP contribution in [0.5, 0.6) is 0 Å². The van der Waals surface area contributed by atoms with Gasteiger partial charge in [0, 0.05) is 15.6 Å². The molecule has 2 rings (SSSR count). The summed E-state index contributed by atoms with van der Waals surface area (Å²) in [5, 5.41) is 9.60. The minimum absolute atomic E-state index is 0.256. The molecule has 0 aliphatic heterocycles. The Balaban J connectivity index is 2.79. The summed E-state index contributed by atoms with van der Waals surface area (Å²) in [5.41, 5.74) is 0.256. The molecule has 0 aliphatic carbocycles. The number of carbonyl (C=O) groups excluding carboxylic acids is 1. The van der Waals surface area contributed by atoms with Crippen LogP contribution in [0.3, 0.4) is 0 Å². The average molecular weight is 210 g/mol. The first kappa shape index (κ1) is 9.30.